The molecule has 0 fully saturated rings. The predicted molar refractivity (Wildman–Crippen MR) is 70.5 cm³/mol. The van der Waals surface area contributed by atoms with Gasteiger partial charge in [-0.2, -0.15) is 0 Å². The highest BCUT2D eigenvalue weighted by Gasteiger charge is 2.17. The van der Waals surface area contributed by atoms with Crippen molar-refractivity contribution in [1.82, 2.24) is 5.32 Å². The van der Waals surface area contributed by atoms with Gasteiger partial charge in [0, 0.05) is 0 Å². The monoisotopic (exact) mass is 234 g/mol. The standard InChI is InChI=1S/C14H22N2O/c1-3-8-13(11-9-6-5-7-10-11)16-14(17)12(15)4-2/h5-7,9-10,12-13H,3-4,8,15H2,1-2H3,(H,16,17)/t12-,13?/m1/s1. The van der Waals surface area contributed by atoms with Gasteiger partial charge in [-0.1, -0.05) is 50.6 Å². The molecule has 0 aliphatic carbocycles. The van der Waals surface area contributed by atoms with Crippen molar-refractivity contribution in [1.29, 1.82) is 0 Å². The Hall–Kier alpha value is -1.35. The van der Waals surface area contributed by atoms with Crippen LogP contribution in [0.15, 0.2) is 30.3 Å². The number of amides is 1. The molecule has 1 aromatic carbocycles. The quantitative estimate of drug-likeness (QED) is 0.794. The summed E-state index contributed by atoms with van der Waals surface area (Å²) >= 11 is 0. The Balaban J connectivity index is 2.70. The summed E-state index contributed by atoms with van der Waals surface area (Å²) in [6, 6.07) is 9.71. The summed E-state index contributed by atoms with van der Waals surface area (Å²) in [5.74, 6) is -0.0604. The van der Waals surface area contributed by atoms with Crippen molar-refractivity contribution < 1.29 is 4.79 Å². The van der Waals surface area contributed by atoms with Crippen molar-refractivity contribution >= 4 is 5.91 Å². The second kappa shape index (κ2) is 7.07. The van der Waals surface area contributed by atoms with Gasteiger partial charge in [0.15, 0.2) is 0 Å². The van der Waals surface area contributed by atoms with E-state index in [4.69, 9.17) is 5.73 Å². The number of nitrogens with one attached hydrogen (secondary N) is 1. The summed E-state index contributed by atoms with van der Waals surface area (Å²) < 4.78 is 0. The van der Waals surface area contributed by atoms with Crippen molar-refractivity contribution in [2.45, 2.75) is 45.2 Å². The van der Waals surface area contributed by atoms with E-state index in [-0.39, 0.29) is 11.9 Å². The first-order chi connectivity index (χ1) is 8.19. The van der Waals surface area contributed by atoms with E-state index in [1.54, 1.807) is 0 Å². The minimum absolute atomic E-state index is 0.0604. The van der Waals surface area contributed by atoms with Crippen molar-refractivity contribution in [3.8, 4) is 0 Å². The highest BCUT2D eigenvalue weighted by molar-refractivity contribution is 5.81. The topological polar surface area (TPSA) is 55.1 Å². The first kappa shape index (κ1) is 13.7. The van der Waals surface area contributed by atoms with Gasteiger partial charge in [0.25, 0.3) is 0 Å². The molecule has 1 unspecified atom stereocenters. The second-order valence-electron chi connectivity index (χ2n) is 4.28. The number of carbonyl (C=O) groups is 1. The van der Waals surface area contributed by atoms with Gasteiger partial charge in [-0.25, -0.2) is 0 Å². The van der Waals surface area contributed by atoms with Crippen LogP contribution in [0.4, 0.5) is 0 Å². The van der Waals surface area contributed by atoms with E-state index in [9.17, 15) is 4.79 Å². The summed E-state index contributed by atoms with van der Waals surface area (Å²) in [5.41, 5.74) is 6.87. The van der Waals surface area contributed by atoms with Gasteiger partial charge in [-0.05, 0) is 18.4 Å². The SMILES string of the molecule is CCCC(NC(=O)[C@H](N)CC)c1ccccc1. The highest BCUT2D eigenvalue weighted by Crippen LogP contribution is 2.18. The third kappa shape index (κ3) is 4.19. The Morgan fingerprint density at radius 2 is 1.94 bits per heavy atom. The molecule has 17 heavy (non-hydrogen) atoms. The molecule has 3 N–H and O–H groups in total. The molecule has 94 valence electrons. The fourth-order valence-corrected chi connectivity index (χ4v) is 1.76. The molecule has 0 aromatic heterocycles. The molecule has 2 atom stereocenters. The van der Waals surface area contributed by atoms with Gasteiger partial charge in [-0.15, -0.1) is 0 Å². The molecule has 1 aromatic rings. The van der Waals surface area contributed by atoms with Crippen molar-refractivity contribution in [3.63, 3.8) is 0 Å². The van der Waals surface area contributed by atoms with Crippen LogP contribution in [-0.2, 0) is 4.79 Å². The zero-order valence-electron chi connectivity index (χ0n) is 10.6. The van der Waals surface area contributed by atoms with Gasteiger partial charge in [0.05, 0.1) is 12.1 Å². The molecule has 1 rings (SSSR count). The largest absolute Gasteiger partial charge is 0.348 e. The molecule has 1 amide bonds. The van der Waals surface area contributed by atoms with E-state index < -0.39 is 6.04 Å². The fourth-order valence-electron chi connectivity index (χ4n) is 1.76. The molecule has 0 aliphatic heterocycles. The molecule has 0 saturated carbocycles. The zero-order chi connectivity index (χ0) is 12.7. The van der Waals surface area contributed by atoms with Crippen LogP contribution in [0.25, 0.3) is 0 Å². The lowest BCUT2D eigenvalue weighted by Crippen LogP contribution is -2.41. The smallest absolute Gasteiger partial charge is 0.237 e. The lowest BCUT2D eigenvalue weighted by molar-refractivity contribution is -0.123. The molecule has 0 radical (unpaired) electrons. The lowest BCUT2D eigenvalue weighted by Gasteiger charge is -2.20. The third-order valence-electron chi connectivity index (χ3n) is 2.87. The molecule has 3 heteroatoms. The first-order valence-electron chi connectivity index (χ1n) is 6.29. The Kier molecular flexibility index (Phi) is 5.70. The number of benzene rings is 1. The van der Waals surface area contributed by atoms with E-state index in [1.165, 1.54) is 0 Å². The number of nitrogens with two attached hydrogens (primary N) is 1. The van der Waals surface area contributed by atoms with Crippen LogP contribution in [0, 0.1) is 0 Å². The minimum Gasteiger partial charge on any atom is -0.348 e. The Morgan fingerprint density at radius 1 is 1.29 bits per heavy atom. The molecule has 3 nitrogen and oxygen atoms in total. The van der Waals surface area contributed by atoms with Crippen LogP contribution >= 0.6 is 0 Å². The van der Waals surface area contributed by atoms with E-state index >= 15 is 0 Å². The maximum absolute atomic E-state index is 11.8. The van der Waals surface area contributed by atoms with E-state index in [0.717, 1.165) is 18.4 Å². The summed E-state index contributed by atoms with van der Waals surface area (Å²) in [7, 11) is 0. The van der Waals surface area contributed by atoms with E-state index in [0.29, 0.717) is 6.42 Å². The van der Waals surface area contributed by atoms with Gasteiger partial charge >= 0.3 is 0 Å². The van der Waals surface area contributed by atoms with Crippen LogP contribution in [0.1, 0.15) is 44.7 Å². The minimum atomic E-state index is -0.405. The van der Waals surface area contributed by atoms with Crippen LogP contribution in [0.5, 0.6) is 0 Å². The number of hydrogen-bond donors (Lipinski definition) is 2. The molecule has 0 bridgehead atoms. The van der Waals surface area contributed by atoms with Crippen LogP contribution in [-0.4, -0.2) is 11.9 Å². The summed E-state index contributed by atoms with van der Waals surface area (Å²) in [6.45, 7) is 4.03. The third-order valence-corrected chi connectivity index (χ3v) is 2.87. The van der Waals surface area contributed by atoms with Crippen LogP contribution in [0.3, 0.4) is 0 Å². The van der Waals surface area contributed by atoms with E-state index in [1.807, 2.05) is 37.3 Å². The number of carbonyl (C=O) groups excluding carboxylic acids is 1. The molecular weight excluding hydrogens is 212 g/mol. The molecular formula is C14H22N2O. The van der Waals surface area contributed by atoms with Gasteiger partial charge in [0.1, 0.15) is 0 Å². The summed E-state index contributed by atoms with van der Waals surface area (Å²) in [5, 5.41) is 3.02. The average molecular weight is 234 g/mol. The van der Waals surface area contributed by atoms with Crippen molar-refractivity contribution in [2.24, 2.45) is 5.73 Å². The maximum Gasteiger partial charge on any atom is 0.237 e. The van der Waals surface area contributed by atoms with Crippen molar-refractivity contribution in [2.75, 3.05) is 0 Å². The average Bonchev–Trinajstić information content (AvgIpc) is 2.38. The van der Waals surface area contributed by atoms with Gasteiger partial charge in [-0.3, -0.25) is 4.79 Å². The number of rotatable bonds is 6. The normalized spacial score (nSPS) is 14.1. The zero-order valence-corrected chi connectivity index (χ0v) is 10.6. The lowest BCUT2D eigenvalue weighted by atomic mass is 10.0. The summed E-state index contributed by atoms with van der Waals surface area (Å²) in [4.78, 5) is 11.8. The fraction of sp³-hybridized carbons (Fsp3) is 0.500. The number of hydrogen-bond acceptors (Lipinski definition) is 2. The molecule has 0 spiro atoms. The Bertz CT molecular complexity index is 337. The molecule has 0 heterocycles. The molecule has 0 aliphatic rings. The van der Waals surface area contributed by atoms with E-state index in [2.05, 4.69) is 12.2 Å². The first-order valence-corrected chi connectivity index (χ1v) is 6.29. The van der Waals surface area contributed by atoms with Gasteiger partial charge in [0.2, 0.25) is 5.91 Å². The Morgan fingerprint density at radius 3 is 2.47 bits per heavy atom. The van der Waals surface area contributed by atoms with Gasteiger partial charge < -0.3 is 11.1 Å². The molecule has 0 saturated heterocycles. The summed E-state index contributed by atoms with van der Waals surface area (Å²) in [6.07, 6.45) is 2.63. The van der Waals surface area contributed by atoms with Crippen LogP contribution < -0.4 is 11.1 Å². The highest BCUT2D eigenvalue weighted by atomic mass is 16.2. The Labute approximate surface area is 103 Å². The second-order valence-corrected chi connectivity index (χ2v) is 4.28. The predicted octanol–water partition coefficient (Wildman–Crippen LogP) is 2.38. The van der Waals surface area contributed by atoms with Crippen LogP contribution in [0.2, 0.25) is 0 Å². The van der Waals surface area contributed by atoms with Crippen molar-refractivity contribution in [3.05, 3.63) is 35.9 Å². The maximum atomic E-state index is 11.8.